The van der Waals surface area contributed by atoms with Gasteiger partial charge in [-0.25, -0.2) is 0 Å². The molecule has 0 saturated heterocycles. The summed E-state index contributed by atoms with van der Waals surface area (Å²) in [5.41, 5.74) is 0. The van der Waals surface area contributed by atoms with Gasteiger partial charge in [0.15, 0.2) is 10.6 Å². The number of benzene rings is 2. The minimum Gasteiger partial charge on any atom is -0.591 e. The summed E-state index contributed by atoms with van der Waals surface area (Å²) in [5, 5.41) is 0.736. The molecule has 0 fully saturated rings. The Labute approximate surface area is 153 Å². The van der Waals surface area contributed by atoms with E-state index in [0.29, 0.717) is 10.6 Å². The topological polar surface area (TPSA) is 80.3 Å². The van der Waals surface area contributed by atoms with Crippen LogP contribution in [0.15, 0.2) is 60.7 Å². The first-order valence-electron chi connectivity index (χ1n) is 5.00. The minimum absolute atomic E-state index is 0. The van der Waals surface area contributed by atoms with Crippen molar-refractivity contribution in [1.29, 1.82) is 0 Å². The van der Waals surface area contributed by atoms with Crippen LogP contribution >= 0.6 is 16.1 Å². The molecule has 0 saturated carbocycles. The Morgan fingerprint density at radius 3 is 1.05 bits per heavy atom. The summed E-state index contributed by atoms with van der Waals surface area (Å²) in [7, 11) is -4.79. The second-order valence-corrected chi connectivity index (χ2v) is 5.25. The largest absolute Gasteiger partial charge is 2.00 e. The molecule has 2 aromatic rings. The van der Waals surface area contributed by atoms with Crippen LogP contribution in [-0.2, 0) is 9.13 Å². The van der Waals surface area contributed by atoms with Crippen molar-refractivity contribution < 1.29 is 18.9 Å². The van der Waals surface area contributed by atoms with E-state index >= 15 is 0 Å². The number of hydrogen-bond donors (Lipinski definition) is 0. The van der Waals surface area contributed by atoms with Gasteiger partial charge < -0.3 is 9.79 Å². The van der Waals surface area contributed by atoms with E-state index in [1.807, 2.05) is 0 Å². The molecule has 0 radical (unpaired) electrons. The van der Waals surface area contributed by atoms with Crippen LogP contribution in [-0.4, -0.2) is 48.9 Å². The zero-order chi connectivity index (χ0) is 13.4. The maximum Gasteiger partial charge on any atom is 2.00 e. The Morgan fingerprint density at radius 1 is 0.632 bits per heavy atom. The summed E-state index contributed by atoms with van der Waals surface area (Å²) < 4.78 is 20.5. The Bertz CT molecular complexity index is 470. The van der Waals surface area contributed by atoms with Crippen molar-refractivity contribution in [3.63, 3.8) is 0 Å². The third-order valence-corrected chi connectivity index (χ3v) is 3.37. The van der Waals surface area contributed by atoms with E-state index in [0.717, 1.165) is 0 Å². The molecule has 7 heteroatoms. The molecule has 2 atom stereocenters. The second-order valence-electron chi connectivity index (χ2n) is 3.19. The van der Waals surface area contributed by atoms with E-state index in [4.69, 9.17) is 0 Å². The molecule has 0 amide bonds. The van der Waals surface area contributed by atoms with Crippen LogP contribution in [0.5, 0.6) is 0 Å². The first-order valence-corrected chi connectivity index (χ1v) is 7.35. The molecule has 0 aliphatic rings. The van der Waals surface area contributed by atoms with E-state index in [1.165, 1.54) is 0 Å². The Kier molecular flexibility index (Phi) is 10.9. The third kappa shape index (κ3) is 8.10. The second kappa shape index (κ2) is 10.9. The fourth-order valence-corrected chi connectivity index (χ4v) is 1.93. The molecular formula is C12H10BaO4P2+2. The summed E-state index contributed by atoms with van der Waals surface area (Å²) in [6.07, 6.45) is 0. The summed E-state index contributed by atoms with van der Waals surface area (Å²) in [4.78, 5) is 20.5. The fraction of sp³-hybridized carbons (Fsp3) is 0. The van der Waals surface area contributed by atoms with E-state index in [2.05, 4.69) is 0 Å². The van der Waals surface area contributed by atoms with Crippen LogP contribution in [0.2, 0.25) is 0 Å². The van der Waals surface area contributed by atoms with Crippen molar-refractivity contribution in [3.8, 4) is 0 Å². The van der Waals surface area contributed by atoms with Gasteiger partial charge in [0.05, 0.1) is 0 Å². The molecule has 0 aliphatic carbocycles. The Morgan fingerprint density at radius 2 is 0.895 bits per heavy atom. The van der Waals surface area contributed by atoms with E-state index in [-0.39, 0.29) is 48.9 Å². The maximum absolute atomic E-state index is 10.2. The van der Waals surface area contributed by atoms with E-state index in [9.17, 15) is 18.9 Å². The zero-order valence-electron chi connectivity index (χ0n) is 10.0. The smallest absolute Gasteiger partial charge is 0.591 e. The average molecular weight is 417 g/mol. The molecule has 0 aromatic heterocycles. The van der Waals surface area contributed by atoms with Crippen molar-refractivity contribution in [3.05, 3.63) is 60.7 Å². The maximum atomic E-state index is 10.2. The molecule has 2 rings (SSSR count). The van der Waals surface area contributed by atoms with Gasteiger partial charge >= 0.3 is 64.9 Å². The quantitative estimate of drug-likeness (QED) is 0.525. The summed E-state index contributed by atoms with van der Waals surface area (Å²) in [6, 6.07) is 16.6. The van der Waals surface area contributed by atoms with Crippen LogP contribution in [0.3, 0.4) is 0 Å². The predicted molar refractivity (Wildman–Crippen MR) is 73.1 cm³/mol. The monoisotopic (exact) mass is 418 g/mol. The van der Waals surface area contributed by atoms with Crippen LogP contribution in [0.1, 0.15) is 0 Å². The van der Waals surface area contributed by atoms with E-state index < -0.39 is 16.1 Å². The van der Waals surface area contributed by atoms with Crippen LogP contribution in [0, 0.1) is 0 Å². The first-order chi connectivity index (χ1) is 8.61. The fourth-order valence-electron chi connectivity index (χ4n) is 1.10. The number of hydrogen-bond acceptors (Lipinski definition) is 4. The van der Waals surface area contributed by atoms with Crippen LogP contribution < -0.4 is 20.4 Å². The van der Waals surface area contributed by atoms with Gasteiger partial charge in [0.25, 0.3) is 0 Å². The van der Waals surface area contributed by atoms with Crippen molar-refractivity contribution in [2.24, 2.45) is 0 Å². The van der Waals surface area contributed by atoms with Gasteiger partial charge in [0.2, 0.25) is 0 Å². The first kappa shape index (κ1) is 19.1. The normalized spacial score (nSPS) is 10.4. The molecule has 0 bridgehead atoms. The van der Waals surface area contributed by atoms with Crippen molar-refractivity contribution in [1.82, 2.24) is 0 Å². The van der Waals surface area contributed by atoms with Crippen LogP contribution in [0.4, 0.5) is 0 Å². The molecule has 2 unspecified atom stereocenters. The van der Waals surface area contributed by atoms with Crippen molar-refractivity contribution in [2.45, 2.75) is 0 Å². The molecule has 0 heterocycles. The molecule has 19 heavy (non-hydrogen) atoms. The molecule has 0 N–H and O–H groups in total. The third-order valence-electron chi connectivity index (χ3n) is 1.93. The van der Waals surface area contributed by atoms with Crippen molar-refractivity contribution >= 4 is 75.5 Å². The van der Waals surface area contributed by atoms with Gasteiger partial charge in [-0.05, 0) is 24.3 Å². The van der Waals surface area contributed by atoms with Crippen LogP contribution in [0.25, 0.3) is 0 Å². The SMILES string of the molecule is O=[P+]([O-])c1ccccc1.O=[P+]([O-])c1ccccc1.[Ba+2]. The molecule has 92 valence electrons. The zero-order valence-corrected chi connectivity index (χ0v) is 16.2. The van der Waals surface area contributed by atoms with Gasteiger partial charge in [-0.1, -0.05) is 45.5 Å². The van der Waals surface area contributed by atoms with E-state index in [1.54, 1.807) is 60.7 Å². The summed E-state index contributed by atoms with van der Waals surface area (Å²) in [6.45, 7) is 0. The molecule has 0 spiro atoms. The molecule has 0 aliphatic heterocycles. The summed E-state index contributed by atoms with van der Waals surface area (Å²) in [5.74, 6) is 0. The Hall–Kier alpha value is 0.131. The predicted octanol–water partition coefficient (Wildman–Crippen LogP) is 0.448. The standard InChI is InChI=1S/2C6H5O2P.Ba/c2*7-9(8)6-4-2-1-3-5-6;/h2*1-5H;/q;;+2. The average Bonchev–Trinajstić information content (AvgIpc) is 2.41. The Balaban J connectivity index is 0.000000324. The summed E-state index contributed by atoms with van der Waals surface area (Å²) >= 11 is 0. The molecular weight excluding hydrogens is 407 g/mol. The molecule has 2 aromatic carbocycles. The minimum atomic E-state index is -2.40. The van der Waals surface area contributed by atoms with Gasteiger partial charge in [-0.2, -0.15) is 0 Å². The van der Waals surface area contributed by atoms with Gasteiger partial charge in [-0.3, -0.25) is 0 Å². The number of rotatable bonds is 2. The van der Waals surface area contributed by atoms with Gasteiger partial charge in [0, 0.05) is 0 Å². The van der Waals surface area contributed by atoms with Gasteiger partial charge in [-0.15, -0.1) is 0 Å². The van der Waals surface area contributed by atoms with Gasteiger partial charge in [0.1, 0.15) is 0 Å². The van der Waals surface area contributed by atoms with Crippen molar-refractivity contribution in [2.75, 3.05) is 0 Å². The molecule has 4 nitrogen and oxygen atoms in total.